The van der Waals surface area contributed by atoms with E-state index in [1.165, 1.54) is 6.33 Å². The summed E-state index contributed by atoms with van der Waals surface area (Å²) in [7, 11) is 0. The maximum Gasteiger partial charge on any atom is 0.134 e. The molecule has 1 saturated heterocycles. The topological polar surface area (TPSA) is 87.0 Å². The molecule has 0 amide bonds. The summed E-state index contributed by atoms with van der Waals surface area (Å²) in [5, 5.41) is 1.79. The SMILES string of the molecule is Nc1ncnc2c1=CCC(N)(C1CCOCC1)C=2. The van der Waals surface area contributed by atoms with Crippen molar-refractivity contribution in [3.8, 4) is 0 Å². The molecule has 18 heavy (non-hydrogen) atoms. The van der Waals surface area contributed by atoms with Gasteiger partial charge in [-0.3, -0.25) is 0 Å². The van der Waals surface area contributed by atoms with Crippen molar-refractivity contribution >= 4 is 18.0 Å². The zero-order chi connectivity index (χ0) is 12.6. The van der Waals surface area contributed by atoms with Gasteiger partial charge in [0.2, 0.25) is 0 Å². The number of hydrogen-bond donors (Lipinski definition) is 2. The van der Waals surface area contributed by atoms with Crippen molar-refractivity contribution in [2.45, 2.75) is 24.8 Å². The molecule has 1 unspecified atom stereocenters. The Morgan fingerprint density at radius 1 is 1.28 bits per heavy atom. The number of rotatable bonds is 1. The zero-order valence-electron chi connectivity index (χ0n) is 10.3. The zero-order valence-corrected chi connectivity index (χ0v) is 10.3. The fraction of sp³-hybridized carbons (Fsp3) is 0.538. The molecule has 0 spiro atoms. The van der Waals surface area contributed by atoms with Gasteiger partial charge in [-0.05, 0) is 31.3 Å². The van der Waals surface area contributed by atoms with E-state index >= 15 is 0 Å². The molecule has 96 valence electrons. The highest BCUT2D eigenvalue weighted by Gasteiger charge is 2.34. The van der Waals surface area contributed by atoms with Crippen molar-refractivity contribution in [3.63, 3.8) is 0 Å². The lowest BCUT2D eigenvalue weighted by Gasteiger charge is -2.37. The molecule has 5 heteroatoms. The molecule has 1 fully saturated rings. The number of nitrogens with two attached hydrogens (primary N) is 2. The molecule has 0 radical (unpaired) electrons. The first-order valence-corrected chi connectivity index (χ1v) is 6.35. The molecule has 0 aromatic carbocycles. The largest absolute Gasteiger partial charge is 0.383 e. The lowest BCUT2D eigenvalue weighted by molar-refractivity contribution is 0.0506. The molecular formula is C13H18N4O. The number of ether oxygens (including phenoxy) is 1. The van der Waals surface area contributed by atoms with Gasteiger partial charge in [0.15, 0.2) is 0 Å². The highest BCUT2D eigenvalue weighted by atomic mass is 16.5. The van der Waals surface area contributed by atoms with Crippen molar-refractivity contribution in [3.05, 3.63) is 16.9 Å². The number of nitrogens with zero attached hydrogens (tertiary/aromatic N) is 2. The summed E-state index contributed by atoms with van der Waals surface area (Å²) < 4.78 is 5.40. The summed E-state index contributed by atoms with van der Waals surface area (Å²) in [4.78, 5) is 8.29. The van der Waals surface area contributed by atoms with E-state index < -0.39 is 0 Å². The van der Waals surface area contributed by atoms with Crippen LogP contribution in [0, 0.1) is 5.92 Å². The van der Waals surface area contributed by atoms with Crippen molar-refractivity contribution in [1.82, 2.24) is 9.97 Å². The lowest BCUT2D eigenvalue weighted by atomic mass is 9.75. The van der Waals surface area contributed by atoms with Crippen LogP contribution in [0.2, 0.25) is 0 Å². The van der Waals surface area contributed by atoms with Crippen molar-refractivity contribution in [2.75, 3.05) is 18.9 Å². The molecule has 5 nitrogen and oxygen atoms in total. The number of aromatic nitrogens is 2. The first kappa shape index (κ1) is 11.6. The van der Waals surface area contributed by atoms with E-state index in [-0.39, 0.29) is 5.54 Å². The Morgan fingerprint density at radius 3 is 2.83 bits per heavy atom. The molecule has 0 saturated carbocycles. The Balaban J connectivity index is 2.01. The Morgan fingerprint density at radius 2 is 2.06 bits per heavy atom. The van der Waals surface area contributed by atoms with Crippen LogP contribution in [0.4, 0.5) is 5.82 Å². The second-order valence-corrected chi connectivity index (χ2v) is 5.11. The summed E-state index contributed by atoms with van der Waals surface area (Å²) in [5.41, 5.74) is 12.1. The van der Waals surface area contributed by atoms with Crippen molar-refractivity contribution in [2.24, 2.45) is 11.7 Å². The Hall–Kier alpha value is -1.46. The van der Waals surface area contributed by atoms with Gasteiger partial charge in [0.25, 0.3) is 0 Å². The normalized spacial score (nSPS) is 28.1. The third kappa shape index (κ3) is 1.89. The maximum absolute atomic E-state index is 6.56. The summed E-state index contributed by atoms with van der Waals surface area (Å²) in [6.07, 6.45) is 8.44. The Labute approximate surface area is 106 Å². The van der Waals surface area contributed by atoms with Crippen LogP contribution in [0.3, 0.4) is 0 Å². The van der Waals surface area contributed by atoms with Gasteiger partial charge in [0.1, 0.15) is 12.1 Å². The van der Waals surface area contributed by atoms with Gasteiger partial charge in [-0.1, -0.05) is 6.08 Å². The van der Waals surface area contributed by atoms with Gasteiger partial charge in [-0.25, -0.2) is 9.97 Å². The van der Waals surface area contributed by atoms with Gasteiger partial charge in [-0.15, -0.1) is 0 Å². The van der Waals surface area contributed by atoms with Crippen LogP contribution >= 0.6 is 0 Å². The first-order chi connectivity index (χ1) is 8.69. The standard InChI is InChI=1S/C13H18N4O/c14-12-10-1-4-13(15,7-11(10)16-8-17-12)9-2-5-18-6-3-9/h1,7-9H,2-6,15H2,(H2,14,16,17). The van der Waals surface area contributed by atoms with Crippen LogP contribution in [0.1, 0.15) is 19.3 Å². The van der Waals surface area contributed by atoms with Crippen LogP contribution in [-0.2, 0) is 4.74 Å². The first-order valence-electron chi connectivity index (χ1n) is 6.35. The van der Waals surface area contributed by atoms with Crippen molar-refractivity contribution in [1.29, 1.82) is 0 Å². The van der Waals surface area contributed by atoms with Gasteiger partial charge in [0, 0.05) is 24.0 Å². The highest BCUT2D eigenvalue weighted by Crippen LogP contribution is 2.30. The lowest BCUT2D eigenvalue weighted by Crippen LogP contribution is -2.52. The molecule has 2 heterocycles. The fourth-order valence-electron chi connectivity index (χ4n) is 2.86. The van der Waals surface area contributed by atoms with E-state index in [0.29, 0.717) is 11.7 Å². The molecule has 1 aromatic rings. The smallest absolute Gasteiger partial charge is 0.134 e. The van der Waals surface area contributed by atoms with E-state index in [2.05, 4.69) is 22.1 Å². The number of fused-ring (bicyclic) bond motifs is 1. The van der Waals surface area contributed by atoms with Crippen LogP contribution in [0.15, 0.2) is 6.33 Å². The highest BCUT2D eigenvalue weighted by molar-refractivity contribution is 5.51. The quantitative estimate of drug-likeness (QED) is 0.674. The van der Waals surface area contributed by atoms with Crippen molar-refractivity contribution < 1.29 is 4.74 Å². The minimum absolute atomic E-state index is 0.322. The van der Waals surface area contributed by atoms with E-state index in [1.54, 1.807) is 0 Å². The molecular weight excluding hydrogens is 228 g/mol. The summed E-state index contributed by atoms with van der Waals surface area (Å²) in [6.45, 7) is 1.60. The predicted molar refractivity (Wildman–Crippen MR) is 69.7 cm³/mol. The number of anilines is 1. The maximum atomic E-state index is 6.56. The van der Waals surface area contributed by atoms with Crippen LogP contribution in [-0.4, -0.2) is 28.7 Å². The molecule has 1 aliphatic carbocycles. The molecule has 1 atom stereocenters. The Kier molecular flexibility index (Phi) is 2.80. The second kappa shape index (κ2) is 4.33. The van der Waals surface area contributed by atoms with Gasteiger partial charge in [-0.2, -0.15) is 0 Å². The monoisotopic (exact) mass is 246 g/mol. The van der Waals surface area contributed by atoms with Gasteiger partial charge >= 0.3 is 0 Å². The van der Waals surface area contributed by atoms with E-state index in [4.69, 9.17) is 16.2 Å². The minimum atomic E-state index is -0.322. The summed E-state index contributed by atoms with van der Waals surface area (Å²) in [6, 6.07) is 0. The summed E-state index contributed by atoms with van der Waals surface area (Å²) in [5.74, 6) is 0.983. The second-order valence-electron chi connectivity index (χ2n) is 5.11. The third-order valence-corrected chi connectivity index (χ3v) is 3.99. The van der Waals surface area contributed by atoms with Crippen LogP contribution in [0.25, 0.3) is 12.2 Å². The van der Waals surface area contributed by atoms with E-state index in [0.717, 1.165) is 43.0 Å². The van der Waals surface area contributed by atoms with Gasteiger partial charge in [0.05, 0.1) is 5.35 Å². The number of hydrogen-bond acceptors (Lipinski definition) is 5. The average Bonchev–Trinajstić information content (AvgIpc) is 2.40. The molecule has 4 N–H and O–H groups in total. The average molecular weight is 246 g/mol. The predicted octanol–water partition coefficient (Wildman–Crippen LogP) is -0.852. The molecule has 1 aliphatic heterocycles. The molecule has 1 aromatic heterocycles. The van der Waals surface area contributed by atoms with E-state index in [1.807, 2.05) is 0 Å². The fourth-order valence-corrected chi connectivity index (χ4v) is 2.86. The van der Waals surface area contributed by atoms with Gasteiger partial charge < -0.3 is 16.2 Å². The molecule has 2 aliphatic rings. The van der Waals surface area contributed by atoms with Crippen LogP contribution < -0.4 is 22.0 Å². The number of nitrogen functional groups attached to an aromatic ring is 1. The minimum Gasteiger partial charge on any atom is -0.383 e. The molecule has 3 rings (SSSR count). The van der Waals surface area contributed by atoms with Crippen LogP contribution in [0.5, 0.6) is 0 Å². The Bertz CT molecular complexity index is 565. The van der Waals surface area contributed by atoms with E-state index in [9.17, 15) is 0 Å². The summed E-state index contributed by atoms with van der Waals surface area (Å²) >= 11 is 0. The molecule has 0 bridgehead atoms. The third-order valence-electron chi connectivity index (χ3n) is 3.99.